The van der Waals surface area contributed by atoms with Gasteiger partial charge in [-0.15, -0.1) is 11.8 Å². The van der Waals surface area contributed by atoms with E-state index in [4.69, 9.17) is 0 Å². The summed E-state index contributed by atoms with van der Waals surface area (Å²) in [6, 6.07) is 5.16. The molecule has 0 aromatic heterocycles. The zero-order chi connectivity index (χ0) is 13.9. The third-order valence-corrected chi connectivity index (χ3v) is 5.48. The van der Waals surface area contributed by atoms with Gasteiger partial charge in [0.15, 0.2) is 0 Å². The van der Waals surface area contributed by atoms with Gasteiger partial charge in [0, 0.05) is 16.6 Å². The molecule has 20 heavy (non-hydrogen) atoms. The molecule has 0 bridgehead atoms. The lowest BCUT2D eigenvalue weighted by Gasteiger charge is -2.29. The minimum absolute atomic E-state index is 0.0172. The zero-order valence-corrected chi connectivity index (χ0v) is 12.3. The maximum absolute atomic E-state index is 13.8. The number of hydrogen-bond donors (Lipinski definition) is 1. The molecule has 2 aliphatic rings. The lowest BCUT2D eigenvalue weighted by atomic mass is 9.88. The van der Waals surface area contributed by atoms with Crippen molar-refractivity contribution in [2.24, 2.45) is 5.92 Å². The van der Waals surface area contributed by atoms with Crippen molar-refractivity contribution in [3.63, 3.8) is 0 Å². The van der Waals surface area contributed by atoms with Crippen molar-refractivity contribution in [1.82, 2.24) is 5.32 Å². The SMILES string of the molecule is O=C(N[C@@H]1CCSc2c(F)cccc21)C1CCCCC1. The van der Waals surface area contributed by atoms with Crippen molar-refractivity contribution in [2.75, 3.05) is 5.75 Å². The summed E-state index contributed by atoms with van der Waals surface area (Å²) in [5.74, 6) is 1.03. The molecule has 1 aliphatic carbocycles. The lowest BCUT2D eigenvalue weighted by molar-refractivity contribution is -0.126. The molecule has 108 valence electrons. The minimum atomic E-state index is -0.163. The van der Waals surface area contributed by atoms with Gasteiger partial charge in [0.1, 0.15) is 5.82 Å². The van der Waals surface area contributed by atoms with Crippen LogP contribution < -0.4 is 5.32 Å². The normalized spacial score (nSPS) is 23.1. The van der Waals surface area contributed by atoms with Crippen LogP contribution in [-0.4, -0.2) is 11.7 Å². The number of carbonyl (C=O) groups is 1. The highest BCUT2D eigenvalue weighted by Crippen LogP contribution is 2.38. The second kappa shape index (κ2) is 6.17. The van der Waals surface area contributed by atoms with E-state index in [1.165, 1.54) is 12.5 Å². The highest BCUT2D eigenvalue weighted by Gasteiger charge is 2.27. The molecule has 0 spiro atoms. The molecular formula is C16H20FNOS. The van der Waals surface area contributed by atoms with Crippen LogP contribution in [-0.2, 0) is 4.79 Å². The Labute approximate surface area is 123 Å². The summed E-state index contributed by atoms with van der Waals surface area (Å²) in [5.41, 5.74) is 0.949. The average molecular weight is 293 g/mol. The number of hydrogen-bond acceptors (Lipinski definition) is 2. The molecule has 0 radical (unpaired) electrons. The van der Waals surface area contributed by atoms with Crippen molar-refractivity contribution in [3.8, 4) is 0 Å². The Kier molecular flexibility index (Phi) is 4.29. The lowest BCUT2D eigenvalue weighted by Crippen LogP contribution is -2.36. The van der Waals surface area contributed by atoms with Gasteiger partial charge in [0.05, 0.1) is 6.04 Å². The van der Waals surface area contributed by atoms with E-state index in [-0.39, 0.29) is 23.7 Å². The molecule has 0 unspecified atom stereocenters. The van der Waals surface area contributed by atoms with Crippen LogP contribution in [0, 0.1) is 11.7 Å². The molecule has 1 amide bonds. The van der Waals surface area contributed by atoms with Crippen LogP contribution >= 0.6 is 11.8 Å². The molecule has 1 N–H and O–H groups in total. The second-order valence-corrected chi connectivity index (χ2v) is 6.80. The molecule has 1 saturated carbocycles. The molecule has 1 heterocycles. The van der Waals surface area contributed by atoms with Crippen LogP contribution in [0.25, 0.3) is 0 Å². The number of thioether (sulfide) groups is 1. The summed E-state index contributed by atoms with van der Waals surface area (Å²) in [6.45, 7) is 0. The first-order valence-electron chi connectivity index (χ1n) is 7.47. The maximum Gasteiger partial charge on any atom is 0.223 e. The highest BCUT2D eigenvalue weighted by atomic mass is 32.2. The third kappa shape index (κ3) is 2.85. The molecule has 1 aliphatic heterocycles. The molecule has 1 aromatic rings. The number of fused-ring (bicyclic) bond motifs is 1. The van der Waals surface area contributed by atoms with E-state index >= 15 is 0 Å². The predicted octanol–water partition coefficient (Wildman–Crippen LogP) is 4.06. The van der Waals surface area contributed by atoms with Crippen molar-refractivity contribution in [1.29, 1.82) is 0 Å². The van der Waals surface area contributed by atoms with Gasteiger partial charge in [-0.05, 0) is 30.9 Å². The van der Waals surface area contributed by atoms with Crippen LogP contribution in [0.3, 0.4) is 0 Å². The van der Waals surface area contributed by atoms with Gasteiger partial charge in [-0.1, -0.05) is 31.4 Å². The van der Waals surface area contributed by atoms with Gasteiger partial charge in [-0.25, -0.2) is 4.39 Å². The number of carbonyl (C=O) groups excluding carboxylic acids is 1. The number of halogens is 1. The largest absolute Gasteiger partial charge is 0.349 e. The first kappa shape index (κ1) is 13.9. The smallest absolute Gasteiger partial charge is 0.223 e. The van der Waals surface area contributed by atoms with Crippen LogP contribution in [0.5, 0.6) is 0 Å². The Morgan fingerprint density at radius 1 is 1.20 bits per heavy atom. The zero-order valence-electron chi connectivity index (χ0n) is 11.5. The Balaban J connectivity index is 1.73. The Hall–Kier alpha value is -1.03. The van der Waals surface area contributed by atoms with E-state index in [9.17, 15) is 9.18 Å². The molecule has 1 atom stereocenters. The molecule has 1 aromatic carbocycles. The fourth-order valence-corrected chi connectivity index (χ4v) is 4.33. The quantitative estimate of drug-likeness (QED) is 0.891. The minimum Gasteiger partial charge on any atom is -0.349 e. The molecule has 0 saturated heterocycles. The van der Waals surface area contributed by atoms with Crippen LogP contribution in [0.15, 0.2) is 23.1 Å². The third-order valence-electron chi connectivity index (χ3n) is 4.32. The Morgan fingerprint density at radius 3 is 2.80 bits per heavy atom. The van der Waals surface area contributed by atoms with Crippen molar-refractivity contribution >= 4 is 17.7 Å². The van der Waals surface area contributed by atoms with Crippen molar-refractivity contribution in [3.05, 3.63) is 29.6 Å². The standard InChI is InChI=1S/C16H20FNOS/c17-13-8-4-7-12-14(9-10-20-15(12)13)18-16(19)11-5-2-1-3-6-11/h4,7-8,11,14H,1-3,5-6,9-10H2,(H,18,19)/t14-/m1/s1. The summed E-state index contributed by atoms with van der Waals surface area (Å²) in [5, 5.41) is 3.15. The van der Waals surface area contributed by atoms with Crippen LogP contribution in [0.2, 0.25) is 0 Å². The van der Waals surface area contributed by atoms with Gasteiger partial charge in [-0.2, -0.15) is 0 Å². The van der Waals surface area contributed by atoms with Crippen molar-refractivity contribution in [2.45, 2.75) is 49.5 Å². The maximum atomic E-state index is 13.8. The van der Waals surface area contributed by atoms with Gasteiger partial charge < -0.3 is 5.32 Å². The van der Waals surface area contributed by atoms with E-state index in [0.717, 1.165) is 43.4 Å². The monoisotopic (exact) mass is 293 g/mol. The van der Waals surface area contributed by atoms with E-state index in [0.29, 0.717) is 4.90 Å². The Morgan fingerprint density at radius 2 is 2.00 bits per heavy atom. The number of nitrogens with one attached hydrogen (secondary N) is 1. The Bertz CT molecular complexity index is 499. The van der Waals surface area contributed by atoms with Crippen molar-refractivity contribution < 1.29 is 9.18 Å². The highest BCUT2D eigenvalue weighted by molar-refractivity contribution is 7.99. The summed E-state index contributed by atoms with van der Waals surface area (Å²) >= 11 is 1.56. The van der Waals surface area contributed by atoms with Gasteiger partial charge in [0.25, 0.3) is 0 Å². The predicted molar refractivity (Wildman–Crippen MR) is 79.2 cm³/mol. The van der Waals surface area contributed by atoms with E-state index < -0.39 is 0 Å². The topological polar surface area (TPSA) is 29.1 Å². The van der Waals surface area contributed by atoms with E-state index in [1.54, 1.807) is 17.8 Å². The summed E-state index contributed by atoms with van der Waals surface area (Å²) in [4.78, 5) is 13.1. The molecular weight excluding hydrogens is 273 g/mol. The van der Waals surface area contributed by atoms with E-state index in [2.05, 4.69) is 5.32 Å². The number of benzene rings is 1. The summed E-state index contributed by atoms with van der Waals surface area (Å²) < 4.78 is 13.8. The number of rotatable bonds is 2. The molecule has 2 nitrogen and oxygen atoms in total. The number of amides is 1. The van der Waals surface area contributed by atoms with Crippen LogP contribution in [0.4, 0.5) is 4.39 Å². The summed E-state index contributed by atoms with van der Waals surface area (Å²) in [6.07, 6.45) is 6.46. The average Bonchev–Trinajstić information content (AvgIpc) is 2.49. The van der Waals surface area contributed by atoms with Crippen LogP contribution in [0.1, 0.15) is 50.1 Å². The van der Waals surface area contributed by atoms with Gasteiger partial charge >= 0.3 is 0 Å². The van der Waals surface area contributed by atoms with Gasteiger partial charge in [-0.3, -0.25) is 4.79 Å². The fourth-order valence-electron chi connectivity index (χ4n) is 3.19. The first-order chi connectivity index (χ1) is 9.75. The molecule has 4 heteroatoms. The molecule has 1 fully saturated rings. The van der Waals surface area contributed by atoms with Gasteiger partial charge in [0.2, 0.25) is 5.91 Å². The summed E-state index contributed by atoms with van der Waals surface area (Å²) in [7, 11) is 0. The molecule has 3 rings (SSSR count). The fraction of sp³-hybridized carbons (Fsp3) is 0.562. The second-order valence-electron chi connectivity index (χ2n) is 5.69. The van der Waals surface area contributed by atoms with E-state index in [1.807, 2.05) is 6.07 Å². The first-order valence-corrected chi connectivity index (χ1v) is 8.46.